The first-order valence-electron chi connectivity index (χ1n) is 14.0. The van der Waals surface area contributed by atoms with Gasteiger partial charge in [0.2, 0.25) is 11.8 Å². The Morgan fingerprint density at radius 1 is 1.04 bits per heavy atom. The predicted octanol–water partition coefficient (Wildman–Crippen LogP) is 3.08. The normalized spacial score (nSPS) is 13.4. The third-order valence-corrected chi connectivity index (χ3v) is 8.57. The van der Waals surface area contributed by atoms with E-state index in [1.807, 2.05) is 42.5 Å². The zero-order valence-electron chi connectivity index (χ0n) is 24.1. The molecule has 5 rings (SSSR count). The molecule has 232 valence electrons. The summed E-state index contributed by atoms with van der Waals surface area (Å²) in [6, 6.07) is 14.4. The van der Waals surface area contributed by atoms with E-state index in [4.69, 9.17) is 23.1 Å². The molecule has 7 N–H and O–H groups in total. The highest BCUT2D eigenvalue weighted by Crippen LogP contribution is 2.28. The summed E-state index contributed by atoms with van der Waals surface area (Å²) >= 11 is 9.48. The smallest absolute Gasteiger partial charge is 0.261 e. The second kappa shape index (κ2) is 13.7. The molecule has 0 unspecified atom stereocenters. The number of aromatic nitrogens is 4. The fraction of sp³-hybridized carbons (Fsp3) is 0.226. The molecule has 0 radical (unpaired) electrons. The van der Waals surface area contributed by atoms with Crippen LogP contribution in [0.1, 0.15) is 24.9 Å². The molecular weight excluding hydrogens is 664 g/mol. The Morgan fingerprint density at radius 2 is 1.80 bits per heavy atom. The molecule has 0 saturated carbocycles. The van der Waals surface area contributed by atoms with Crippen LogP contribution in [0, 0.1) is 0 Å². The summed E-state index contributed by atoms with van der Waals surface area (Å²) < 4.78 is 1.97. The summed E-state index contributed by atoms with van der Waals surface area (Å²) in [5, 5.41) is 17.0. The number of aliphatic hydroxyl groups excluding tert-OH is 1. The zero-order valence-corrected chi connectivity index (χ0v) is 26.4. The van der Waals surface area contributed by atoms with Gasteiger partial charge >= 0.3 is 0 Å². The molecule has 0 spiro atoms. The number of nitrogen functional groups attached to an aromatic ring is 1. The zero-order chi connectivity index (χ0) is 32.2. The number of nitrogens with two attached hydrogens (primary N) is 2. The molecule has 2 aromatic heterocycles. The lowest BCUT2D eigenvalue weighted by molar-refractivity contribution is -0.126. The number of hydrogen-bond donors (Lipinski definition) is 5. The van der Waals surface area contributed by atoms with E-state index in [2.05, 4.69) is 41.5 Å². The van der Waals surface area contributed by atoms with Gasteiger partial charge in [0.15, 0.2) is 0 Å². The van der Waals surface area contributed by atoms with Crippen molar-refractivity contribution in [2.75, 3.05) is 12.3 Å². The summed E-state index contributed by atoms with van der Waals surface area (Å²) in [5.74, 6) is -0.544. The maximum Gasteiger partial charge on any atom is 0.261 e. The summed E-state index contributed by atoms with van der Waals surface area (Å²) in [6.07, 6.45) is 1.69. The van der Waals surface area contributed by atoms with Crippen molar-refractivity contribution in [2.24, 2.45) is 5.73 Å². The molecule has 0 saturated heterocycles. The van der Waals surface area contributed by atoms with Gasteiger partial charge in [0, 0.05) is 29.4 Å². The number of rotatable bonds is 10. The summed E-state index contributed by atoms with van der Waals surface area (Å²) in [7, 11) is 0. The predicted molar refractivity (Wildman–Crippen MR) is 176 cm³/mol. The molecule has 0 aliphatic carbocycles. The van der Waals surface area contributed by atoms with Crippen LogP contribution in [0.4, 0.5) is 5.82 Å². The van der Waals surface area contributed by atoms with Gasteiger partial charge in [-0.25, -0.2) is 15.0 Å². The Balaban J connectivity index is 1.33. The largest absolute Gasteiger partial charge is 0.391 e. The lowest BCUT2D eigenvalue weighted by Gasteiger charge is -2.23. The molecule has 2 heterocycles. The Hall–Kier alpha value is -4.43. The first kappa shape index (κ1) is 32.0. The van der Waals surface area contributed by atoms with E-state index >= 15 is 0 Å². The summed E-state index contributed by atoms with van der Waals surface area (Å²) in [6.45, 7) is 1.53. The highest BCUT2D eigenvalue weighted by Gasteiger charge is 2.23. The van der Waals surface area contributed by atoms with Crippen molar-refractivity contribution in [3.8, 4) is 11.1 Å². The van der Waals surface area contributed by atoms with Crippen molar-refractivity contribution >= 4 is 67.0 Å². The average molecular weight is 694 g/mol. The molecule has 3 atom stereocenters. The van der Waals surface area contributed by atoms with Crippen LogP contribution in [0.5, 0.6) is 0 Å². The molecule has 14 heteroatoms. The first-order chi connectivity index (χ1) is 21.5. The van der Waals surface area contributed by atoms with E-state index in [0.717, 1.165) is 16.5 Å². The number of aliphatic hydroxyl groups is 1. The maximum absolute atomic E-state index is 13.0. The molecule has 45 heavy (non-hydrogen) atoms. The van der Waals surface area contributed by atoms with Crippen molar-refractivity contribution in [3.05, 3.63) is 92.7 Å². The van der Waals surface area contributed by atoms with Gasteiger partial charge in [-0.05, 0) is 69.9 Å². The molecular formula is C31H30BrClN8O4. The van der Waals surface area contributed by atoms with E-state index in [1.165, 1.54) is 30.2 Å². The number of anilines is 1. The number of aryl methyl sites for hydroxylation is 1. The summed E-state index contributed by atoms with van der Waals surface area (Å²) in [4.78, 5) is 51.4. The van der Waals surface area contributed by atoms with Crippen LogP contribution < -0.4 is 27.7 Å². The third-order valence-electron chi connectivity index (χ3n) is 7.38. The SMILES string of the molecule is C[C@@H](O)[C@H](N)C(=O)N[C@H](CNC(=O)CCn1cnc2cc(Br)c(Cl)cc2c1=O)c1cccc(-c2ccc3c(N)ncnc3c2)c1. The maximum atomic E-state index is 13.0. The monoisotopic (exact) mass is 692 g/mol. The average Bonchev–Trinajstić information content (AvgIpc) is 3.03. The quantitative estimate of drug-likeness (QED) is 0.146. The lowest BCUT2D eigenvalue weighted by Crippen LogP contribution is -2.49. The fourth-order valence-corrected chi connectivity index (χ4v) is 5.27. The van der Waals surface area contributed by atoms with Crippen molar-refractivity contribution < 1.29 is 14.7 Å². The number of nitrogens with one attached hydrogen (secondary N) is 2. The third kappa shape index (κ3) is 7.28. The Bertz CT molecular complexity index is 1970. The number of benzene rings is 3. The number of carbonyl (C=O) groups excluding carboxylic acids is 2. The van der Waals surface area contributed by atoms with Crippen molar-refractivity contribution in [2.45, 2.75) is 38.1 Å². The van der Waals surface area contributed by atoms with Crippen molar-refractivity contribution in [1.29, 1.82) is 0 Å². The van der Waals surface area contributed by atoms with Gasteiger partial charge in [-0.3, -0.25) is 19.0 Å². The molecule has 5 aromatic rings. The van der Waals surface area contributed by atoms with Crippen LogP contribution in [-0.2, 0) is 16.1 Å². The number of nitrogens with zero attached hydrogens (tertiary/aromatic N) is 4. The Labute approximate surface area is 271 Å². The Morgan fingerprint density at radius 3 is 2.58 bits per heavy atom. The van der Waals surface area contributed by atoms with Gasteiger partial charge in [0.25, 0.3) is 5.56 Å². The van der Waals surface area contributed by atoms with Crippen LogP contribution in [0.15, 0.2) is 76.5 Å². The van der Waals surface area contributed by atoms with Crippen LogP contribution in [-0.4, -0.2) is 55.1 Å². The Kier molecular flexibility index (Phi) is 9.73. The topological polar surface area (TPSA) is 191 Å². The van der Waals surface area contributed by atoms with Crippen LogP contribution in [0.3, 0.4) is 0 Å². The number of amides is 2. The molecule has 3 aromatic carbocycles. The molecule has 0 aliphatic heterocycles. The standard InChI is InChI=1S/C31H30BrClN8O4/c1-16(42)28(34)30(44)40-26(19-4-2-3-17(9-19)18-5-6-20-24(10-18)37-14-38-29(20)35)13-36-27(43)7-8-41-15-39-25-12-22(32)23(33)11-21(25)31(41)45/h2-6,9-12,14-16,26,28,42H,7-8,13,34H2,1H3,(H,36,43)(H,40,44)(H2,35,37,38)/t16-,26-,28+/m1/s1. The van der Waals surface area contributed by atoms with E-state index in [9.17, 15) is 19.5 Å². The van der Waals surface area contributed by atoms with Gasteiger partial charge in [0.1, 0.15) is 18.2 Å². The highest BCUT2D eigenvalue weighted by atomic mass is 79.9. The van der Waals surface area contributed by atoms with Gasteiger partial charge in [-0.15, -0.1) is 0 Å². The molecule has 0 bridgehead atoms. The minimum Gasteiger partial charge on any atom is -0.391 e. The van der Waals surface area contributed by atoms with Gasteiger partial charge in [-0.1, -0.05) is 35.9 Å². The van der Waals surface area contributed by atoms with E-state index in [1.54, 1.807) is 6.07 Å². The second-order valence-electron chi connectivity index (χ2n) is 10.5. The van der Waals surface area contributed by atoms with E-state index in [-0.39, 0.29) is 31.0 Å². The lowest BCUT2D eigenvalue weighted by atomic mass is 9.98. The number of carbonyl (C=O) groups is 2. The fourth-order valence-electron chi connectivity index (χ4n) is 4.77. The number of hydrogen-bond acceptors (Lipinski definition) is 9. The van der Waals surface area contributed by atoms with Crippen molar-refractivity contribution in [1.82, 2.24) is 30.2 Å². The van der Waals surface area contributed by atoms with Crippen LogP contribution in [0.25, 0.3) is 32.9 Å². The minimum absolute atomic E-state index is 0.0205. The van der Waals surface area contributed by atoms with E-state index < -0.39 is 24.1 Å². The molecule has 2 amide bonds. The van der Waals surface area contributed by atoms with Crippen LogP contribution >= 0.6 is 27.5 Å². The van der Waals surface area contributed by atoms with Crippen molar-refractivity contribution in [3.63, 3.8) is 0 Å². The molecule has 12 nitrogen and oxygen atoms in total. The van der Waals surface area contributed by atoms with Gasteiger partial charge < -0.3 is 27.2 Å². The van der Waals surface area contributed by atoms with Crippen LogP contribution in [0.2, 0.25) is 5.02 Å². The second-order valence-corrected chi connectivity index (χ2v) is 11.8. The molecule has 0 aliphatic rings. The number of fused-ring (bicyclic) bond motifs is 2. The summed E-state index contributed by atoms with van der Waals surface area (Å²) in [5.41, 5.74) is 15.1. The van der Waals surface area contributed by atoms with E-state index in [0.29, 0.717) is 37.3 Å². The van der Waals surface area contributed by atoms with Gasteiger partial charge in [-0.2, -0.15) is 0 Å². The minimum atomic E-state index is -1.17. The van der Waals surface area contributed by atoms with Gasteiger partial charge in [0.05, 0.1) is 39.9 Å². The number of halogens is 2. The highest BCUT2D eigenvalue weighted by molar-refractivity contribution is 9.10. The first-order valence-corrected chi connectivity index (χ1v) is 15.1. The molecule has 0 fully saturated rings.